The maximum atomic E-state index is 11.9. The van der Waals surface area contributed by atoms with Gasteiger partial charge in [-0.15, -0.1) is 0 Å². The van der Waals surface area contributed by atoms with E-state index >= 15 is 0 Å². The number of anilines is 1. The van der Waals surface area contributed by atoms with Gasteiger partial charge in [0.15, 0.2) is 5.82 Å². The molecule has 0 spiro atoms. The Bertz CT molecular complexity index is 566. The Kier molecular flexibility index (Phi) is 3.47. The molecule has 98 valence electrons. The molecule has 1 saturated heterocycles. The van der Waals surface area contributed by atoms with Crippen LogP contribution in [-0.2, 0) is 9.53 Å². The first-order valence-corrected chi connectivity index (χ1v) is 6.73. The number of amides is 1. The molecule has 0 bridgehead atoms. The minimum atomic E-state index is -0.0757. The number of ether oxygens (including phenoxy) is 1. The van der Waals surface area contributed by atoms with Crippen molar-refractivity contribution in [3.63, 3.8) is 0 Å². The summed E-state index contributed by atoms with van der Waals surface area (Å²) in [5, 5.41) is 3.30. The van der Waals surface area contributed by atoms with Crippen LogP contribution < -0.4 is 5.32 Å². The van der Waals surface area contributed by atoms with Crippen molar-refractivity contribution in [3.05, 3.63) is 24.5 Å². The van der Waals surface area contributed by atoms with Gasteiger partial charge in [0.2, 0.25) is 11.0 Å². The summed E-state index contributed by atoms with van der Waals surface area (Å²) in [6.45, 7) is 1.14. The molecule has 0 aromatic carbocycles. The highest BCUT2D eigenvalue weighted by Crippen LogP contribution is 2.21. The van der Waals surface area contributed by atoms with Crippen LogP contribution in [-0.4, -0.2) is 33.5 Å². The van der Waals surface area contributed by atoms with Crippen molar-refractivity contribution in [2.24, 2.45) is 5.92 Å². The number of pyridine rings is 1. The van der Waals surface area contributed by atoms with Crippen molar-refractivity contribution in [2.45, 2.75) is 6.42 Å². The molecule has 3 rings (SSSR count). The highest BCUT2D eigenvalue weighted by atomic mass is 32.1. The van der Waals surface area contributed by atoms with Crippen LogP contribution in [0.2, 0.25) is 0 Å². The van der Waals surface area contributed by atoms with Gasteiger partial charge in [0.25, 0.3) is 0 Å². The van der Waals surface area contributed by atoms with Gasteiger partial charge in [0.1, 0.15) is 0 Å². The highest BCUT2D eigenvalue weighted by molar-refractivity contribution is 7.10. The zero-order valence-corrected chi connectivity index (χ0v) is 10.9. The standard InChI is InChI=1S/C12H12N4O2S/c17-11(9-3-6-18-7-9)15-12-14-10(16-19-12)8-1-4-13-5-2-8/h1-2,4-5,9H,3,6-7H2,(H,14,15,16,17). The van der Waals surface area contributed by atoms with Crippen molar-refractivity contribution in [1.29, 1.82) is 0 Å². The van der Waals surface area contributed by atoms with Crippen LogP contribution in [0, 0.1) is 5.92 Å². The Labute approximate surface area is 114 Å². The fourth-order valence-electron chi connectivity index (χ4n) is 1.84. The van der Waals surface area contributed by atoms with Gasteiger partial charge in [-0.1, -0.05) is 0 Å². The third-order valence-corrected chi connectivity index (χ3v) is 3.53. The predicted molar refractivity (Wildman–Crippen MR) is 70.7 cm³/mol. The van der Waals surface area contributed by atoms with Crippen molar-refractivity contribution >= 4 is 22.6 Å². The average molecular weight is 276 g/mol. The monoisotopic (exact) mass is 276 g/mol. The summed E-state index contributed by atoms with van der Waals surface area (Å²) in [4.78, 5) is 20.1. The Morgan fingerprint density at radius 3 is 3.00 bits per heavy atom. The molecule has 7 heteroatoms. The van der Waals surface area contributed by atoms with Gasteiger partial charge in [-0.25, -0.2) is 0 Å². The molecular formula is C12H12N4O2S. The summed E-state index contributed by atoms with van der Waals surface area (Å²) in [5.74, 6) is 0.480. The van der Waals surface area contributed by atoms with Gasteiger partial charge < -0.3 is 10.1 Å². The third kappa shape index (κ3) is 2.77. The first-order chi connectivity index (χ1) is 9.33. The average Bonchev–Trinajstić information content (AvgIpc) is 3.11. The Balaban J connectivity index is 1.70. The molecule has 0 aliphatic carbocycles. The lowest BCUT2D eigenvalue weighted by Crippen LogP contribution is -2.22. The molecule has 0 saturated carbocycles. The highest BCUT2D eigenvalue weighted by Gasteiger charge is 2.24. The largest absolute Gasteiger partial charge is 0.381 e. The van der Waals surface area contributed by atoms with E-state index in [0.29, 0.717) is 24.2 Å². The molecule has 1 amide bonds. The SMILES string of the molecule is O=C(Nc1nc(-c2ccncc2)ns1)C1CCOC1. The van der Waals surface area contributed by atoms with Gasteiger partial charge in [-0.3, -0.25) is 9.78 Å². The molecule has 1 N–H and O–H groups in total. The quantitative estimate of drug-likeness (QED) is 0.921. The maximum Gasteiger partial charge on any atom is 0.231 e. The van der Waals surface area contributed by atoms with Crippen molar-refractivity contribution in [2.75, 3.05) is 18.5 Å². The number of nitrogens with zero attached hydrogens (tertiary/aromatic N) is 3. The first kappa shape index (κ1) is 12.2. The third-order valence-electron chi connectivity index (χ3n) is 2.90. The Morgan fingerprint density at radius 1 is 1.42 bits per heavy atom. The van der Waals surface area contributed by atoms with Gasteiger partial charge >= 0.3 is 0 Å². The number of aromatic nitrogens is 3. The minimum absolute atomic E-state index is 0.0464. The van der Waals surface area contributed by atoms with E-state index in [-0.39, 0.29) is 11.8 Å². The lowest BCUT2D eigenvalue weighted by atomic mass is 10.1. The molecule has 1 fully saturated rings. The normalized spacial score (nSPS) is 18.4. The molecule has 6 nitrogen and oxygen atoms in total. The van der Waals surface area contributed by atoms with Crippen molar-refractivity contribution in [1.82, 2.24) is 14.3 Å². The van der Waals surface area contributed by atoms with Gasteiger partial charge in [0, 0.05) is 36.1 Å². The number of carbonyl (C=O) groups is 1. The molecule has 19 heavy (non-hydrogen) atoms. The summed E-state index contributed by atoms with van der Waals surface area (Å²) < 4.78 is 9.41. The smallest absolute Gasteiger partial charge is 0.231 e. The second-order valence-corrected chi connectivity index (χ2v) is 4.96. The molecule has 2 aromatic heterocycles. The Morgan fingerprint density at radius 2 is 2.26 bits per heavy atom. The molecular weight excluding hydrogens is 264 g/mol. The summed E-state index contributed by atoms with van der Waals surface area (Å²) >= 11 is 1.18. The molecule has 2 aromatic rings. The van der Waals surface area contributed by atoms with Crippen LogP contribution in [0.3, 0.4) is 0 Å². The van der Waals surface area contributed by atoms with Crippen LogP contribution in [0.25, 0.3) is 11.4 Å². The molecule has 3 heterocycles. The van der Waals surface area contributed by atoms with E-state index in [4.69, 9.17) is 4.74 Å². The van der Waals surface area contributed by atoms with Gasteiger partial charge in [0.05, 0.1) is 12.5 Å². The lowest BCUT2D eigenvalue weighted by Gasteiger charge is -2.05. The zero-order chi connectivity index (χ0) is 13.1. The lowest BCUT2D eigenvalue weighted by molar-refractivity contribution is -0.119. The number of hydrogen-bond acceptors (Lipinski definition) is 6. The van der Waals surface area contributed by atoms with E-state index in [1.807, 2.05) is 12.1 Å². The van der Waals surface area contributed by atoms with Crippen molar-refractivity contribution < 1.29 is 9.53 Å². The number of carbonyl (C=O) groups excluding carboxylic acids is 1. The second kappa shape index (κ2) is 5.41. The van der Waals surface area contributed by atoms with E-state index in [0.717, 1.165) is 12.0 Å². The van der Waals surface area contributed by atoms with Crippen LogP contribution in [0.4, 0.5) is 5.13 Å². The van der Waals surface area contributed by atoms with E-state index < -0.39 is 0 Å². The molecule has 1 aliphatic heterocycles. The van der Waals surface area contributed by atoms with Crippen LogP contribution in [0.1, 0.15) is 6.42 Å². The number of rotatable bonds is 3. The fourth-order valence-corrected chi connectivity index (χ4v) is 2.43. The second-order valence-electron chi connectivity index (χ2n) is 4.21. The molecule has 0 radical (unpaired) electrons. The number of nitrogens with one attached hydrogen (secondary N) is 1. The summed E-state index contributed by atoms with van der Waals surface area (Å²) in [6, 6.07) is 3.66. The van der Waals surface area contributed by atoms with Gasteiger partial charge in [-0.05, 0) is 18.6 Å². The summed E-state index contributed by atoms with van der Waals surface area (Å²) in [7, 11) is 0. The van der Waals surface area contributed by atoms with Crippen LogP contribution in [0.15, 0.2) is 24.5 Å². The van der Waals surface area contributed by atoms with E-state index in [1.54, 1.807) is 12.4 Å². The Hall–Kier alpha value is -1.86. The molecule has 1 unspecified atom stereocenters. The molecule has 1 atom stereocenters. The zero-order valence-electron chi connectivity index (χ0n) is 10.1. The summed E-state index contributed by atoms with van der Waals surface area (Å²) in [5.41, 5.74) is 0.885. The van der Waals surface area contributed by atoms with Crippen LogP contribution >= 0.6 is 11.5 Å². The van der Waals surface area contributed by atoms with Gasteiger partial charge in [-0.2, -0.15) is 9.36 Å². The van der Waals surface area contributed by atoms with E-state index in [2.05, 4.69) is 19.7 Å². The first-order valence-electron chi connectivity index (χ1n) is 5.95. The fraction of sp³-hybridized carbons (Fsp3) is 0.333. The van der Waals surface area contributed by atoms with Crippen molar-refractivity contribution in [3.8, 4) is 11.4 Å². The summed E-state index contributed by atoms with van der Waals surface area (Å²) in [6.07, 6.45) is 4.14. The minimum Gasteiger partial charge on any atom is -0.381 e. The topological polar surface area (TPSA) is 77.0 Å². The van der Waals surface area contributed by atoms with E-state index in [1.165, 1.54) is 11.5 Å². The molecule has 1 aliphatic rings. The maximum absolute atomic E-state index is 11.9. The van der Waals surface area contributed by atoms with Crippen LogP contribution in [0.5, 0.6) is 0 Å². The van der Waals surface area contributed by atoms with E-state index in [9.17, 15) is 4.79 Å². The number of hydrogen-bond donors (Lipinski definition) is 1. The predicted octanol–water partition coefficient (Wildman–Crippen LogP) is 1.58.